The largest absolute Gasteiger partial charge is 0.454 e. The number of rotatable bonds is 6. The van der Waals surface area contributed by atoms with Crippen molar-refractivity contribution in [1.82, 2.24) is 5.32 Å². The van der Waals surface area contributed by atoms with E-state index in [4.69, 9.17) is 27.9 Å². The fourth-order valence-corrected chi connectivity index (χ4v) is 2.82. The molecule has 0 heterocycles. The van der Waals surface area contributed by atoms with Crippen LogP contribution in [0.5, 0.6) is 11.5 Å². The highest BCUT2D eigenvalue weighted by Gasteiger charge is 2.11. The second kappa shape index (κ2) is 8.04. The van der Waals surface area contributed by atoms with Gasteiger partial charge in [-0.15, -0.1) is 0 Å². The van der Waals surface area contributed by atoms with Gasteiger partial charge in [-0.2, -0.15) is 0 Å². The Kier molecular flexibility index (Phi) is 6.37. The molecule has 0 aliphatic carbocycles. The van der Waals surface area contributed by atoms with E-state index in [1.165, 1.54) is 0 Å². The maximum Gasteiger partial charge on any atom is 0.150 e. The zero-order valence-corrected chi connectivity index (χ0v) is 14.7. The number of ether oxygens (including phenoxy) is 1. The molecule has 0 aromatic heterocycles. The first kappa shape index (κ1) is 16.6. The van der Waals surface area contributed by atoms with Gasteiger partial charge in [-0.3, -0.25) is 0 Å². The van der Waals surface area contributed by atoms with E-state index >= 15 is 0 Å². The van der Waals surface area contributed by atoms with Crippen molar-refractivity contribution >= 4 is 39.1 Å². The third kappa shape index (κ3) is 4.62. The molecular formula is C16H16BrCl2NO. The number of halogens is 3. The van der Waals surface area contributed by atoms with Crippen LogP contribution in [0.25, 0.3) is 0 Å². The number of para-hydroxylation sites is 1. The molecule has 21 heavy (non-hydrogen) atoms. The van der Waals surface area contributed by atoms with Crippen molar-refractivity contribution in [3.8, 4) is 11.5 Å². The van der Waals surface area contributed by atoms with Crippen molar-refractivity contribution in [3.63, 3.8) is 0 Å². The molecule has 0 bridgehead atoms. The third-order valence-corrected chi connectivity index (χ3v) is 3.98. The quantitative estimate of drug-likeness (QED) is 0.608. The van der Waals surface area contributed by atoms with Gasteiger partial charge in [0.2, 0.25) is 0 Å². The molecule has 0 spiro atoms. The van der Waals surface area contributed by atoms with Gasteiger partial charge in [0, 0.05) is 16.6 Å². The first-order valence-electron chi connectivity index (χ1n) is 6.73. The molecule has 0 aliphatic rings. The summed E-state index contributed by atoms with van der Waals surface area (Å²) >= 11 is 15.8. The molecule has 0 saturated carbocycles. The van der Waals surface area contributed by atoms with Crippen LogP contribution in [-0.4, -0.2) is 6.54 Å². The fraction of sp³-hybridized carbons (Fsp3) is 0.250. The summed E-state index contributed by atoms with van der Waals surface area (Å²) in [5.74, 6) is 1.23. The van der Waals surface area contributed by atoms with Gasteiger partial charge < -0.3 is 10.1 Å². The van der Waals surface area contributed by atoms with Gasteiger partial charge in [0.1, 0.15) is 5.75 Å². The highest BCUT2D eigenvalue weighted by Crippen LogP contribution is 2.37. The second-order valence-electron chi connectivity index (χ2n) is 4.58. The Balaban J connectivity index is 2.25. The lowest BCUT2D eigenvalue weighted by Crippen LogP contribution is -2.14. The first-order valence-corrected chi connectivity index (χ1v) is 8.27. The summed E-state index contributed by atoms with van der Waals surface area (Å²) in [5, 5.41) is 4.46. The van der Waals surface area contributed by atoms with Gasteiger partial charge in [-0.25, -0.2) is 0 Å². The van der Waals surface area contributed by atoms with Crippen LogP contribution in [0, 0.1) is 0 Å². The number of hydrogen-bond acceptors (Lipinski definition) is 2. The van der Waals surface area contributed by atoms with E-state index in [0.29, 0.717) is 28.1 Å². The first-order chi connectivity index (χ1) is 10.1. The van der Waals surface area contributed by atoms with E-state index in [-0.39, 0.29) is 0 Å². The number of nitrogens with one attached hydrogen (secondary N) is 1. The van der Waals surface area contributed by atoms with Crippen LogP contribution in [0.15, 0.2) is 40.9 Å². The minimum Gasteiger partial charge on any atom is -0.454 e. The lowest BCUT2D eigenvalue weighted by Gasteiger charge is -2.14. The van der Waals surface area contributed by atoms with Gasteiger partial charge in [0.05, 0.1) is 10.0 Å². The van der Waals surface area contributed by atoms with Gasteiger partial charge in [-0.05, 0) is 37.2 Å². The molecule has 5 heteroatoms. The van der Waals surface area contributed by atoms with Crippen LogP contribution >= 0.6 is 39.1 Å². The zero-order chi connectivity index (χ0) is 15.2. The summed E-state index contributed by atoms with van der Waals surface area (Å²) in [4.78, 5) is 0. The Morgan fingerprint density at radius 1 is 1.14 bits per heavy atom. The molecule has 2 nitrogen and oxygen atoms in total. The van der Waals surface area contributed by atoms with Crippen molar-refractivity contribution in [3.05, 3.63) is 56.5 Å². The average molecular weight is 389 g/mol. The Morgan fingerprint density at radius 2 is 1.95 bits per heavy atom. The van der Waals surface area contributed by atoms with Crippen molar-refractivity contribution in [2.45, 2.75) is 19.9 Å². The van der Waals surface area contributed by atoms with Gasteiger partial charge in [0.25, 0.3) is 0 Å². The van der Waals surface area contributed by atoms with Crippen LogP contribution in [0.2, 0.25) is 10.0 Å². The molecule has 2 rings (SSSR count). The predicted molar refractivity (Wildman–Crippen MR) is 92.7 cm³/mol. The summed E-state index contributed by atoms with van der Waals surface area (Å²) in [6.45, 7) is 3.78. The molecular weight excluding hydrogens is 373 g/mol. The Morgan fingerprint density at radius 3 is 2.67 bits per heavy atom. The lowest BCUT2D eigenvalue weighted by atomic mass is 10.2. The predicted octanol–water partition coefficient (Wildman–Crippen LogP) is 6.05. The summed E-state index contributed by atoms with van der Waals surface area (Å²) in [7, 11) is 0. The standard InChI is InChI=1S/C16H16BrCl2NO/c1-2-8-20-10-11-4-3-5-13(18)16(11)21-15-7-6-12(17)9-14(15)19/h3-7,9,20H,2,8,10H2,1H3. The molecule has 0 radical (unpaired) electrons. The molecule has 2 aromatic carbocycles. The van der Waals surface area contributed by atoms with Crippen LogP contribution in [0.4, 0.5) is 0 Å². The maximum atomic E-state index is 6.27. The molecule has 2 aromatic rings. The van der Waals surface area contributed by atoms with Crippen molar-refractivity contribution in [1.29, 1.82) is 0 Å². The summed E-state index contributed by atoms with van der Waals surface area (Å²) in [6.07, 6.45) is 1.08. The molecule has 0 fully saturated rings. The third-order valence-electron chi connectivity index (χ3n) is 2.90. The SMILES string of the molecule is CCCNCc1cccc(Cl)c1Oc1ccc(Br)cc1Cl. The van der Waals surface area contributed by atoms with Crippen molar-refractivity contribution in [2.24, 2.45) is 0 Å². The molecule has 0 amide bonds. The Bertz CT molecular complexity index is 619. The molecule has 0 aliphatic heterocycles. The minimum atomic E-state index is 0.539. The topological polar surface area (TPSA) is 21.3 Å². The normalized spacial score (nSPS) is 10.7. The molecule has 0 atom stereocenters. The van der Waals surface area contributed by atoms with E-state index in [1.54, 1.807) is 6.07 Å². The zero-order valence-electron chi connectivity index (χ0n) is 11.6. The van der Waals surface area contributed by atoms with Gasteiger partial charge in [-0.1, -0.05) is 58.2 Å². The molecule has 0 unspecified atom stereocenters. The van der Waals surface area contributed by atoms with E-state index in [0.717, 1.165) is 23.0 Å². The molecule has 112 valence electrons. The van der Waals surface area contributed by atoms with Gasteiger partial charge in [0.15, 0.2) is 5.75 Å². The Labute approximate surface area is 143 Å². The average Bonchev–Trinajstić information content (AvgIpc) is 2.45. The van der Waals surface area contributed by atoms with Crippen LogP contribution < -0.4 is 10.1 Å². The highest BCUT2D eigenvalue weighted by molar-refractivity contribution is 9.10. The lowest BCUT2D eigenvalue weighted by molar-refractivity contribution is 0.473. The highest BCUT2D eigenvalue weighted by atomic mass is 79.9. The number of benzene rings is 2. The fourth-order valence-electron chi connectivity index (χ4n) is 1.87. The van der Waals surface area contributed by atoms with E-state index < -0.39 is 0 Å². The van der Waals surface area contributed by atoms with E-state index in [2.05, 4.69) is 28.2 Å². The minimum absolute atomic E-state index is 0.539. The number of hydrogen-bond donors (Lipinski definition) is 1. The smallest absolute Gasteiger partial charge is 0.150 e. The summed E-state index contributed by atoms with van der Waals surface area (Å²) in [5.41, 5.74) is 1.01. The summed E-state index contributed by atoms with van der Waals surface area (Å²) in [6, 6.07) is 11.2. The van der Waals surface area contributed by atoms with Crippen LogP contribution in [0.3, 0.4) is 0 Å². The Hall–Kier alpha value is -0.740. The molecule has 1 N–H and O–H groups in total. The van der Waals surface area contributed by atoms with Crippen LogP contribution in [0.1, 0.15) is 18.9 Å². The van der Waals surface area contributed by atoms with E-state index in [1.807, 2.05) is 30.3 Å². The second-order valence-corrected chi connectivity index (χ2v) is 6.31. The van der Waals surface area contributed by atoms with Crippen molar-refractivity contribution < 1.29 is 4.74 Å². The van der Waals surface area contributed by atoms with Crippen molar-refractivity contribution in [2.75, 3.05) is 6.54 Å². The maximum absolute atomic E-state index is 6.27. The molecule has 0 saturated heterocycles. The summed E-state index contributed by atoms with van der Waals surface area (Å²) < 4.78 is 6.84. The monoisotopic (exact) mass is 387 g/mol. The van der Waals surface area contributed by atoms with Gasteiger partial charge >= 0.3 is 0 Å². The van der Waals surface area contributed by atoms with Crippen LogP contribution in [-0.2, 0) is 6.54 Å². The van der Waals surface area contributed by atoms with E-state index in [9.17, 15) is 0 Å².